The van der Waals surface area contributed by atoms with E-state index in [1.54, 1.807) is 0 Å². The second-order valence-electron chi connectivity index (χ2n) is 4.34. The highest BCUT2D eigenvalue weighted by Crippen LogP contribution is 2.37. The van der Waals surface area contributed by atoms with Gasteiger partial charge in [0.1, 0.15) is 0 Å². The summed E-state index contributed by atoms with van der Waals surface area (Å²) in [5.41, 5.74) is 5.40. The molecule has 0 spiro atoms. The molecule has 0 heterocycles. The van der Waals surface area contributed by atoms with E-state index in [-0.39, 0.29) is 12.5 Å². The molecule has 90 valence electrons. The van der Waals surface area contributed by atoms with Crippen LogP contribution in [0.1, 0.15) is 32.6 Å². The topological polar surface area (TPSA) is 38.0 Å². The molecular formula is C10H19F3N2. The van der Waals surface area contributed by atoms with E-state index in [1.165, 1.54) is 0 Å². The maximum atomic E-state index is 12.7. The van der Waals surface area contributed by atoms with Gasteiger partial charge in [0, 0.05) is 18.6 Å². The van der Waals surface area contributed by atoms with Gasteiger partial charge in [-0.1, -0.05) is 12.8 Å². The number of hydrogen-bond acceptors (Lipinski definition) is 2. The van der Waals surface area contributed by atoms with Crippen molar-refractivity contribution in [1.82, 2.24) is 5.32 Å². The van der Waals surface area contributed by atoms with Crippen molar-refractivity contribution in [3.8, 4) is 0 Å². The minimum Gasteiger partial charge on any atom is -0.329 e. The molecule has 0 aromatic carbocycles. The Morgan fingerprint density at radius 2 is 1.93 bits per heavy atom. The van der Waals surface area contributed by atoms with Crippen LogP contribution in [0.4, 0.5) is 13.2 Å². The molecule has 0 saturated heterocycles. The van der Waals surface area contributed by atoms with Crippen molar-refractivity contribution in [3.05, 3.63) is 0 Å². The SMILES string of the molecule is CC(CN)NC1CCCCC1C(F)(F)F. The summed E-state index contributed by atoms with van der Waals surface area (Å²) in [6.07, 6.45) is -1.67. The van der Waals surface area contributed by atoms with Gasteiger partial charge in [-0.05, 0) is 19.8 Å². The first-order chi connectivity index (χ1) is 6.95. The highest BCUT2D eigenvalue weighted by molar-refractivity contribution is 4.87. The first-order valence-corrected chi connectivity index (χ1v) is 5.48. The van der Waals surface area contributed by atoms with Crippen LogP contribution in [0.25, 0.3) is 0 Å². The lowest BCUT2D eigenvalue weighted by molar-refractivity contribution is -0.189. The predicted molar refractivity (Wildman–Crippen MR) is 53.5 cm³/mol. The van der Waals surface area contributed by atoms with Crippen LogP contribution < -0.4 is 11.1 Å². The van der Waals surface area contributed by atoms with Crippen molar-refractivity contribution in [2.24, 2.45) is 11.7 Å². The standard InChI is InChI=1S/C10H19F3N2/c1-7(6-14)15-9-5-3-2-4-8(9)10(11,12)13/h7-9,15H,2-6,14H2,1H3. The summed E-state index contributed by atoms with van der Waals surface area (Å²) in [4.78, 5) is 0. The molecule has 0 radical (unpaired) electrons. The summed E-state index contributed by atoms with van der Waals surface area (Å²) in [5, 5.41) is 2.98. The minimum atomic E-state index is -4.08. The van der Waals surface area contributed by atoms with E-state index in [0.29, 0.717) is 19.4 Å². The van der Waals surface area contributed by atoms with Gasteiger partial charge in [0.2, 0.25) is 0 Å². The summed E-state index contributed by atoms with van der Waals surface area (Å²) in [6, 6.07) is -0.491. The summed E-state index contributed by atoms with van der Waals surface area (Å²) in [5.74, 6) is -1.19. The van der Waals surface area contributed by atoms with E-state index in [2.05, 4.69) is 5.32 Å². The van der Waals surface area contributed by atoms with Gasteiger partial charge >= 0.3 is 6.18 Å². The van der Waals surface area contributed by atoms with Crippen molar-refractivity contribution >= 4 is 0 Å². The summed E-state index contributed by atoms with van der Waals surface area (Å²) < 4.78 is 38.0. The van der Waals surface area contributed by atoms with Gasteiger partial charge in [0.05, 0.1) is 5.92 Å². The fourth-order valence-electron chi connectivity index (χ4n) is 2.16. The molecule has 0 aromatic heterocycles. The largest absolute Gasteiger partial charge is 0.393 e. The number of nitrogens with two attached hydrogens (primary N) is 1. The normalized spacial score (nSPS) is 30.2. The minimum absolute atomic E-state index is 0.0436. The van der Waals surface area contributed by atoms with Gasteiger partial charge in [-0.25, -0.2) is 0 Å². The lowest BCUT2D eigenvalue weighted by Crippen LogP contribution is -2.50. The molecule has 1 rings (SSSR count). The summed E-state index contributed by atoms with van der Waals surface area (Å²) in [7, 11) is 0. The van der Waals surface area contributed by atoms with Crippen LogP contribution in [0.15, 0.2) is 0 Å². The highest BCUT2D eigenvalue weighted by atomic mass is 19.4. The van der Waals surface area contributed by atoms with E-state index < -0.39 is 18.1 Å². The Hall–Kier alpha value is -0.290. The molecule has 0 aliphatic heterocycles. The Morgan fingerprint density at radius 3 is 2.47 bits per heavy atom. The number of alkyl halides is 3. The quantitative estimate of drug-likeness (QED) is 0.770. The third-order valence-corrected chi connectivity index (χ3v) is 3.04. The lowest BCUT2D eigenvalue weighted by atomic mass is 9.83. The molecule has 0 amide bonds. The van der Waals surface area contributed by atoms with Gasteiger partial charge in [-0.2, -0.15) is 13.2 Å². The van der Waals surface area contributed by atoms with Gasteiger partial charge in [0.15, 0.2) is 0 Å². The van der Waals surface area contributed by atoms with Crippen molar-refractivity contribution in [2.45, 2.75) is 50.9 Å². The molecule has 3 atom stereocenters. The maximum absolute atomic E-state index is 12.7. The number of rotatable bonds is 3. The van der Waals surface area contributed by atoms with Crippen molar-refractivity contribution < 1.29 is 13.2 Å². The molecule has 15 heavy (non-hydrogen) atoms. The molecule has 2 nitrogen and oxygen atoms in total. The molecule has 5 heteroatoms. The zero-order valence-corrected chi connectivity index (χ0v) is 8.98. The Morgan fingerprint density at radius 1 is 1.33 bits per heavy atom. The van der Waals surface area contributed by atoms with Gasteiger partial charge < -0.3 is 11.1 Å². The Labute approximate surface area is 88.4 Å². The lowest BCUT2D eigenvalue weighted by Gasteiger charge is -2.35. The van der Waals surface area contributed by atoms with E-state index in [4.69, 9.17) is 5.73 Å². The fourth-order valence-corrected chi connectivity index (χ4v) is 2.16. The Kier molecular flexibility index (Phi) is 4.40. The van der Waals surface area contributed by atoms with Crippen LogP contribution in [0.5, 0.6) is 0 Å². The molecule has 3 N–H and O–H groups in total. The first kappa shape index (κ1) is 12.8. The predicted octanol–water partition coefficient (Wildman–Crippen LogP) is 2.04. The molecule has 1 aliphatic rings. The smallest absolute Gasteiger partial charge is 0.329 e. The zero-order valence-electron chi connectivity index (χ0n) is 8.98. The molecular weight excluding hydrogens is 205 g/mol. The third kappa shape index (κ3) is 3.65. The monoisotopic (exact) mass is 224 g/mol. The highest BCUT2D eigenvalue weighted by Gasteiger charge is 2.45. The van der Waals surface area contributed by atoms with Crippen LogP contribution in [0.2, 0.25) is 0 Å². The average molecular weight is 224 g/mol. The first-order valence-electron chi connectivity index (χ1n) is 5.48. The van der Waals surface area contributed by atoms with Crippen molar-refractivity contribution in [2.75, 3.05) is 6.54 Å². The summed E-state index contributed by atoms with van der Waals surface area (Å²) >= 11 is 0. The molecule has 0 aromatic rings. The molecule has 1 fully saturated rings. The van der Waals surface area contributed by atoms with Gasteiger partial charge in [0.25, 0.3) is 0 Å². The maximum Gasteiger partial charge on any atom is 0.393 e. The Bertz CT molecular complexity index is 194. The second-order valence-corrected chi connectivity index (χ2v) is 4.34. The fraction of sp³-hybridized carbons (Fsp3) is 1.00. The second kappa shape index (κ2) is 5.16. The van der Waals surface area contributed by atoms with E-state index >= 15 is 0 Å². The van der Waals surface area contributed by atoms with Crippen LogP contribution in [0, 0.1) is 5.92 Å². The van der Waals surface area contributed by atoms with Crippen molar-refractivity contribution in [3.63, 3.8) is 0 Å². The zero-order chi connectivity index (χ0) is 11.5. The van der Waals surface area contributed by atoms with Crippen LogP contribution in [0.3, 0.4) is 0 Å². The van der Waals surface area contributed by atoms with E-state index in [0.717, 1.165) is 6.42 Å². The number of nitrogens with one attached hydrogen (secondary N) is 1. The summed E-state index contributed by atoms with van der Waals surface area (Å²) in [6.45, 7) is 2.20. The van der Waals surface area contributed by atoms with Gasteiger partial charge in [-0.3, -0.25) is 0 Å². The van der Waals surface area contributed by atoms with Crippen LogP contribution >= 0.6 is 0 Å². The van der Waals surface area contributed by atoms with Crippen molar-refractivity contribution in [1.29, 1.82) is 0 Å². The third-order valence-electron chi connectivity index (χ3n) is 3.04. The number of halogens is 3. The van der Waals surface area contributed by atoms with Gasteiger partial charge in [-0.15, -0.1) is 0 Å². The molecule has 1 saturated carbocycles. The van der Waals surface area contributed by atoms with Crippen LogP contribution in [-0.4, -0.2) is 24.8 Å². The number of hydrogen-bond donors (Lipinski definition) is 2. The van der Waals surface area contributed by atoms with Crippen LogP contribution in [-0.2, 0) is 0 Å². The molecule has 1 aliphatic carbocycles. The average Bonchev–Trinajstić information content (AvgIpc) is 2.17. The molecule has 3 unspecified atom stereocenters. The Balaban J connectivity index is 2.58. The van der Waals surface area contributed by atoms with E-state index in [1.807, 2.05) is 6.92 Å². The van der Waals surface area contributed by atoms with E-state index in [9.17, 15) is 13.2 Å². The molecule has 0 bridgehead atoms.